The van der Waals surface area contributed by atoms with Gasteiger partial charge < -0.3 is 11.1 Å². The topological polar surface area (TPSA) is 95.8 Å². The maximum Gasteiger partial charge on any atom is 0.320 e. The number of H-pyrrole nitrogens is 1. The fourth-order valence-corrected chi connectivity index (χ4v) is 1.21. The first-order valence-electron chi connectivity index (χ1n) is 4.72. The number of aromatic nitrogens is 2. The number of hydrogen-bond donors (Lipinski definition) is 4. The van der Waals surface area contributed by atoms with Gasteiger partial charge in [-0.15, -0.1) is 0 Å². The standard InChI is InChI=1S/C9H15N5OS/c1-9(2,3)13-8(15)12-7-5(6(10)16)4-11-14-7/h4H,1-3H3,(H2,10,16)(H3,11,12,13,14,15). The summed E-state index contributed by atoms with van der Waals surface area (Å²) in [4.78, 5) is 11.7. The number of aromatic amines is 1. The number of amides is 2. The lowest BCUT2D eigenvalue weighted by atomic mass is 10.1. The predicted octanol–water partition coefficient (Wildman–Crippen LogP) is 0.964. The Balaban J connectivity index is 2.70. The van der Waals surface area contributed by atoms with Gasteiger partial charge in [0.2, 0.25) is 0 Å². The summed E-state index contributed by atoms with van der Waals surface area (Å²) in [5.74, 6) is 0.397. The first kappa shape index (κ1) is 12.4. The van der Waals surface area contributed by atoms with E-state index in [0.29, 0.717) is 11.4 Å². The van der Waals surface area contributed by atoms with E-state index in [1.54, 1.807) is 0 Å². The Morgan fingerprint density at radius 2 is 2.19 bits per heavy atom. The van der Waals surface area contributed by atoms with Gasteiger partial charge in [-0.1, -0.05) is 12.2 Å². The molecule has 0 aliphatic rings. The van der Waals surface area contributed by atoms with Crippen molar-refractivity contribution in [3.05, 3.63) is 11.8 Å². The number of urea groups is 1. The number of carbonyl (C=O) groups is 1. The largest absolute Gasteiger partial charge is 0.389 e. The number of anilines is 1. The van der Waals surface area contributed by atoms with Gasteiger partial charge in [-0.05, 0) is 20.8 Å². The Morgan fingerprint density at radius 1 is 1.56 bits per heavy atom. The maximum absolute atomic E-state index is 11.5. The van der Waals surface area contributed by atoms with E-state index in [0.717, 1.165) is 0 Å². The van der Waals surface area contributed by atoms with E-state index in [4.69, 9.17) is 18.0 Å². The summed E-state index contributed by atoms with van der Waals surface area (Å²) in [6.07, 6.45) is 1.47. The van der Waals surface area contributed by atoms with Crippen molar-refractivity contribution >= 4 is 29.1 Å². The second-order valence-corrected chi connectivity index (χ2v) is 4.79. The van der Waals surface area contributed by atoms with Crippen LogP contribution in [0, 0.1) is 0 Å². The minimum atomic E-state index is -0.339. The molecule has 0 saturated carbocycles. The minimum absolute atomic E-state index is 0.180. The highest BCUT2D eigenvalue weighted by molar-refractivity contribution is 7.80. The molecule has 0 bridgehead atoms. The van der Waals surface area contributed by atoms with Crippen LogP contribution in [0.15, 0.2) is 6.20 Å². The Hall–Kier alpha value is -1.63. The molecule has 0 spiro atoms. The van der Waals surface area contributed by atoms with Gasteiger partial charge in [0.15, 0.2) is 0 Å². The Labute approximate surface area is 99.0 Å². The van der Waals surface area contributed by atoms with Gasteiger partial charge in [0.25, 0.3) is 0 Å². The highest BCUT2D eigenvalue weighted by Gasteiger charge is 2.16. The maximum atomic E-state index is 11.5. The fourth-order valence-electron chi connectivity index (χ4n) is 1.05. The molecule has 0 fully saturated rings. The van der Waals surface area contributed by atoms with Crippen LogP contribution in [0.5, 0.6) is 0 Å². The third kappa shape index (κ3) is 3.50. The molecule has 7 heteroatoms. The molecule has 0 saturated heterocycles. The van der Waals surface area contributed by atoms with E-state index in [1.807, 2.05) is 20.8 Å². The average molecular weight is 241 g/mol. The van der Waals surface area contributed by atoms with Gasteiger partial charge in [0.05, 0.1) is 11.8 Å². The van der Waals surface area contributed by atoms with Crippen LogP contribution in [0.25, 0.3) is 0 Å². The van der Waals surface area contributed by atoms with Crippen molar-refractivity contribution in [1.29, 1.82) is 0 Å². The third-order valence-electron chi connectivity index (χ3n) is 1.63. The highest BCUT2D eigenvalue weighted by atomic mass is 32.1. The van der Waals surface area contributed by atoms with Crippen LogP contribution in [0.2, 0.25) is 0 Å². The van der Waals surface area contributed by atoms with Gasteiger partial charge in [-0.2, -0.15) is 5.10 Å². The summed E-state index contributed by atoms with van der Waals surface area (Å²) >= 11 is 4.81. The van der Waals surface area contributed by atoms with Crippen LogP contribution in [0.3, 0.4) is 0 Å². The minimum Gasteiger partial charge on any atom is -0.389 e. The number of nitrogens with zero attached hydrogens (tertiary/aromatic N) is 1. The molecular weight excluding hydrogens is 226 g/mol. The molecule has 0 atom stereocenters. The molecule has 6 nitrogen and oxygen atoms in total. The van der Waals surface area contributed by atoms with E-state index in [9.17, 15) is 4.79 Å². The van der Waals surface area contributed by atoms with Crippen LogP contribution < -0.4 is 16.4 Å². The van der Waals surface area contributed by atoms with Gasteiger partial charge in [0.1, 0.15) is 10.8 Å². The molecule has 2 amide bonds. The molecule has 1 rings (SSSR count). The normalized spacial score (nSPS) is 10.9. The van der Waals surface area contributed by atoms with E-state index in [1.165, 1.54) is 6.20 Å². The molecular formula is C9H15N5OS. The van der Waals surface area contributed by atoms with E-state index < -0.39 is 0 Å². The van der Waals surface area contributed by atoms with Crippen LogP contribution >= 0.6 is 12.2 Å². The zero-order valence-corrected chi connectivity index (χ0v) is 10.2. The predicted molar refractivity (Wildman–Crippen MR) is 66.4 cm³/mol. The molecule has 16 heavy (non-hydrogen) atoms. The number of thiocarbonyl (C=S) groups is 1. The quantitative estimate of drug-likeness (QED) is 0.580. The molecule has 1 heterocycles. The molecule has 0 radical (unpaired) electrons. The summed E-state index contributed by atoms with van der Waals surface area (Å²) < 4.78 is 0. The van der Waals surface area contributed by atoms with Gasteiger partial charge >= 0.3 is 6.03 Å². The van der Waals surface area contributed by atoms with Crippen LogP contribution in [-0.2, 0) is 0 Å². The fraction of sp³-hybridized carbons (Fsp3) is 0.444. The zero-order chi connectivity index (χ0) is 12.3. The highest BCUT2D eigenvalue weighted by Crippen LogP contribution is 2.10. The lowest BCUT2D eigenvalue weighted by Crippen LogP contribution is -2.43. The SMILES string of the molecule is CC(C)(C)NC(=O)Nc1[nH]ncc1C(N)=S. The first-order valence-corrected chi connectivity index (χ1v) is 5.13. The molecule has 0 aromatic carbocycles. The molecule has 88 valence electrons. The lowest BCUT2D eigenvalue weighted by Gasteiger charge is -2.20. The van der Waals surface area contributed by atoms with Crippen molar-refractivity contribution < 1.29 is 4.79 Å². The number of nitrogens with two attached hydrogens (primary N) is 1. The van der Waals surface area contributed by atoms with Crippen molar-refractivity contribution in [1.82, 2.24) is 15.5 Å². The smallest absolute Gasteiger partial charge is 0.320 e. The second kappa shape index (κ2) is 4.48. The van der Waals surface area contributed by atoms with Gasteiger partial charge in [-0.25, -0.2) is 4.79 Å². The molecule has 1 aromatic heterocycles. The third-order valence-corrected chi connectivity index (χ3v) is 1.85. The molecule has 5 N–H and O–H groups in total. The Bertz CT molecular complexity index is 406. The van der Waals surface area contributed by atoms with E-state index in [2.05, 4.69) is 20.8 Å². The van der Waals surface area contributed by atoms with Crippen molar-refractivity contribution in [3.8, 4) is 0 Å². The van der Waals surface area contributed by atoms with Crippen LogP contribution in [-0.4, -0.2) is 26.8 Å². The molecule has 0 aliphatic heterocycles. The first-order chi connectivity index (χ1) is 7.29. The summed E-state index contributed by atoms with van der Waals surface area (Å²) in [6.45, 7) is 5.65. The van der Waals surface area contributed by atoms with Crippen molar-refractivity contribution in [3.63, 3.8) is 0 Å². The second-order valence-electron chi connectivity index (χ2n) is 4.35. The van der Waals surface area contributed by atoms with Crippen LogP contribution in [0.4, 0.5) is 10.6 Å². The summed E-state index contributed by atoms with van der Waals surface area (Å²) in [7, 11) is 0. The van der Waals surface area contributed by atoms with Crippen LogP contribution in [0.1, 0.15) is 26.3 Å². The molecule has 0 aliphatic carbocycles. The van der Waals surface area contributed by atoms with Crippen molar-refractivity contribution in [2.75, 3.05) is 5.32 Å². The average Bonchev–Trinajstić information content (AvgIpc) is 2.47. The van der Waals surface area contributed by atoms with Crippen molar-refractivity contribution in [2.45, 2.75) is 26.3 Å². The van der Waals surface area contributed by atoms with Crippen molar-refractivity contribution in [2.24, 2.45) is 5.73 Å². The summed E-state index contributed by atoms with van der Waals surface area (Å²) in [6, 6.07) is -0.339. The van der Waals surface area contributed by atoms with Gasteiger partial charge in [-0.3, -0.25) is 10.4 Å². The zero-order valence-electron chi connectivity index (χ0n) is 9.42. The number of hydrogen-bond acceptors (Lipinski definition) is 3. The number of rotatable bonds is 2. The molecule has 0 unspecified atom stereocenters. The number of carbonyl (C=O) groups excluding carboxylic acids is 1. The lowest BCUT2D eigenvalue weighted by molar-refractivity contribution is 0.243. The summed E-state index contributed by atoms with van der Waals surface area (Å²) in [5, 5.41) is 11.7. The van der Waals surface area contributed by atoms with E-state index >= 15 is 0 Å². The Kier molecular flexibility index (Phi) is 3.48. The molecule has 1 aromatic rings. The monoisotopic (exact) mass is 241 g/mol. The summed E-state index contributed by atoms with van der Waals surface area (Å²) in [5.41, 5.74) is 5.66. The van der Waals surface area contributed by atoms with E-state index in [-0.39, 0.29) is 16.6 Å². The van der Waals surface area contributed by atoms with Gasteiger partial charge in [0, 0.05) is 5.54 Å². The number of nitrogens with one attached hydrogen (secondary N) is 3. The Morgan fingerprint density at radius 3 is 2.69 bits per heavy atom.